The summed E-state index contributed by atoms with van der Waals surface area (Å²) in [6, 6.07) is 5.54. The highest BCUT2D eigenvalue weighted by atomic mass is 32.1. The summed E-state index contributed by atoms with van der Waals surface area (Å²) in [4.78, 5) is 0. The molecule has 0 aromatic heterocycles. The van der Waals surface area contributed by atoms with Crippen LogP contribution in [0.15, 0.2) is 24.3 Å². The summed E-state index contributed by atoms with van der Waals surface area (Å²) in [6.45, 7) is 8.25. The van der Waals surface area contributed by atoms with Gasteiger partial charge in [0.2, 0.25) is 0 Å². The molecule has 0 saturated heterocycles. The number of alkyl halides is 3. The molecule has 0 heterocycles. The lowest BCUT2D eigenvalue weighted by Gasteiger charge is -2.29. The molecule has 0 spiro atoms. The van der Waals surface area contributed by atoms with Crippen LogP contribution >= 0.6 is 12.2 Å². The molecule has 0 unspecified atom stereocenters. The zero-order chi connectivity index (χ0) is 16.3. The molecule has 7 heteroatoms. The lowest BCUT2D eigenvalue weighted by molar-refractivity contribution is -0.274. The Balaban J connectivity index is 2.58. The number of rotatable bonds is 3. The van der Waals surface area contributed by atoms with Crippen molar-refractivity contribution in [2.75, 3.05) is 5.32 Å². The SMILES string of the molecule is C[C@@H](NC(=S)Nc1ccc(OC(F)(F)F)cc1)C(C)(C)C. The Morgan fingerprint density at radius 1 is 1.14 bits per heavy atom. The lowest BCUT2D eigenvalue weighted by Crippen LogP contribution is -2.43. The maximum absolute atomic E-state index is 12.0. The molecule has 2 N–H and O–H groups in total. The molecular formula is C14H19F3N2OS. The van der Waals surface area contributed by atoms with Gasteiger partial charge in [-0.2, -0.15) is 0 Å². The van der Waals surface area contributed by atoms with E-state index in [-0.39, 0.29) is 17.2 Å². The molecule has 0 aliphatic rings. The minimum atomic E-state index is -4.69. The summed E-state index contributed by atoms with van der Waals surface area (Å²) in [7, 11) is 0. The third-order valence-corrected chi connectivity index (χ3v) is 3.21. The number of ether oxygens (including phenoxy) is 1. The molecule has 1 aromatic carbocycles. The summed E-state index contributed by atoms with van der Waals surface area (Å²) < 4.78 is 39.9. The quantitative estimate of drug-likeness (QED) is 0.813. The van der Waals surface area contributed by atoms with Crippen molar-refractivity contribution in [3.05, 3.63) is 24.3 Å². The molecule has 0 amide bonds. The van der Waals surface area contributed by atoms with E-state index in [9.17, 15) is 13.2 Å². The van der Waals surface area contributed by atoms with Gasteiger partial charge in [0.25, 0.3) is 0 Å². The molecule has 0 radical (unpaired) electrons. The zero-order valence-corrected chi connectivity index (χ0v) is 13.2. The van der Waals surface area contributed by atoms with Crippen LogP contribution in [0.3, 0.4) is 0 Å². The van der Waals surface area contributed by atoms with Crippen LogP contribution in [-0.2, 0) is 0 Å². The molecule has 1 aromatic rings. The maximum Gasteiger partial charge on any atom is 0.573 e. The standard InChI is InChI=1S/C14H19F3N2OS/c1-9(13(2,3)4)18-12(21)19-10-5-7-11(8-6-10)20-14(15,16)17/h5-9H,1-4H3,(H2,18,19,21)/t9-/m1/s1. The predicted octanol–water partition coefficient (Wildman–Crippen LogP) is 4.31. The van der Waals surface area contributed by atoms with Gasteiger partial charge in [-0.15, -0.1) is 13.2 Å². The summed E-state index contributed by atoms with van der Waals surface area (Å²) in [5, 5.41) is 6.47. The van der Waals surface area contributed by atoms with Gasteiger partial charge in [-0.25, -0.2) is 0 Å². The lowest BCUT2D eigenvalue weighted by atomic mass is 9.88. The summed E-state index contributed by atoms with van der Waals surface area (Å²) in [6.07, 6.45) is -4.69. The average molecular weight is 320 g/mol. The number of hydrogen-bond acceptors (Lipinski definition) is 2. The Morgan fingerprint density at radius 2 is 1.67 bits per heavy atom. The minimum Gasteiger partial charge on any atom is -0.406 e. The normalized spacial score (nSPS) is 13.5. The van der Waals surface area contributed by atoms with E-state index < -0.39 is 6.36 Å². The Labute approximate surface area is 127 Å². The van der Waals surface area contributed by atoms with Crippen LogP contribution in [0.4, 0.5) is 18.9 Å². The fraction of sp³-hybridized carbons (Fsp3) is 0.500. The van der Waals surface area contributed by atoms with E-state index in [1.54, 1.807) is 0 Å². The van der Waals surface area contributed by atoms with Crippen molar-refractivity contribution >= 4 is 23.0 Å². The topological polar surface area (TPSA) is 33.3 Å². The second-order valence-corrected chi connectivity index (χ2v) is 6.17. The van der Waals surface area contributed by atoms with E-state index in [0.717, 1.165) is 0 Å². The van der Waals surface area contributed by atoms with Crippen LogP contribution < -0.4 is 15.4 Å². The molecule has 3 nitrogen and oxygen atoms in total. The molecule has 118 valence electrons. The van der Waals surface area contributed by atoms with Gasteiger partial charge in [0.05, 0.1) is 0 Å². The number of hydrogen-bond donors (Lipinski definition) is 2. The first-order chi connectivity index (χ1) is 9.47. The van der Waals surface area contributed by atoms with Crippen molar-refractivity contribution in [1.29, 1.82) is 0 Å². The Hall–Kier alpha value is -1.50. The summed E-state index contributed by atoms with van der Waals surface area (Å²) in [5.41, 5.74) is 0.624. The Bertz CT molecular complexity index is 480. The average Bonchev–Trinajstić information content (AvgIpc) is 2.28. The number of anilines is 1. The van der Waals surface area contributed by atoms with Gasteiger partial charge in [-0.05, 0) is 48.8 Å². The van der Waals surface area contributed by atoms with Crippen LogP contribution in [0.1, 0.15) is 27.7 Å². The van der Waals surface area contributed by atoms with Crippen molar-refractivity contribution in [2.45, 2.75) is 40.1 Å². The Morgan fingerprint density at radius 3 is 2.10 bits per heavy atom. The van der Waals surface area contributed by atoms with Crippen LogP contribution in [0, 0.1) is 5.41 Å². The second-order valence-electron chi connectivity index (χ2n) is 5.76. The van der Waals surface area contributed by atoms with E-state index in [1.807, 2.05) is 6.92 Å². The van der Waals surface area contributed by atoms with Gasteiger partial charge in [0.1, 0.15) is 5.75 Å². The first-order valence-electron chi connectivity index (χ1n) is 6.41. The molecule has 1 rings (SSSR count). The molecule has 0 bridgehead atoms. The highest BCUT2D eigenvalue weighted by Gasteiger charge is 2.30. The van der Waals surface area contributed by atoms with E-state index >= 15 is 0 Å². The van der Waals surface area contributed by atoms with E-state index in [0.29, 0.717) is 10.8 Å². The summed E-state index contributed by atoms with van der Waals surface area (Å²) >= 11 is 5.17. The van der Waals surface area contributed by atoms with Crippen LogP contribution in [0.2, 0.25) is 0 Å². The van der Waals surface area contributed by atoms with Crippen LogP contribution in [0.25, 0.3) is 0 Å². The molecule has 0 fully saturated rings. The molecule has 0 aliphatic carbocycles. The molecule has 1 atom stereocenters. The number of halogens is 3. The fourth-order valence-corrected chi connectivity index (χ4v) is 1.61. The van der Waals surface area contributed by atoms with Crippen molar-refractivity contribution in [2.24, 2.45) is 5.41 Å². The Kier molecular flexibility index (Phi) is 5.44. The first-order valence-corrected chi connectivity index (χ1v) is 6.81. The van der Waals surface area contributed by atoms with Gasteiger partial charge >= 0.3 is 6.36 Å². The predicted molar refractivity (Wildman–Crippen MR) is 81.4 cm³/mol. The van der Waals surface area contributed by atoms with E-state index in [4.69, 9.17) is 12.2 Å². The maximum atomic E-state index is 12.0. The number of benzene rings is 1. The van der Waals surface area contributed by atoms with Gasteiger partial charge in [0.15, 0.2) is 5.11 Å². The van der Waals surface area contributed by atoms with Gasteiger partial charge in [-0.3, -0.25) is 0 Å². The van der Waals surface area contributed by atoms with E-state index in [1.165, 1.54) is 24.3 Å². The highest BCUT2D eigenvalue weighted by molar-refractivity contribution is 7.80. The van der Waals surface area contributed by atoms with Crippen molar-refractivity contribution in [1.82, 2.24) is 5.32 Å². The number of nitrogens with one attached hydrogen (secondary N) is 2. The second kappa shape index (κ2) is 6.51. The molecule has 21 heavy (non-hydrogen) atoms. The molecular weight excluding hydrogens is 301 g/mol. The smallest absolute Gasteiger partial charge is 0.406 e. The van der Waals surface area contributed by atoms with Crippen molar-refractivity contribution in [3.63, 3.8) is 0 Å². The fourth-order valence-electron chi connectivity index (χ4n) is 1.32. The van der Waals surface area contributed by atoms with Crippen molar-refractivity contribution in [3.8, 4) is 5.75 Å². The highest BCUT2D eigenvalue weighted by Crippen LogP contribution is 2.24. The minimum absolute atomic E-state index is 0.0378. The monoisotopic (exact) mass is 320 g/mol. The van der Waals surface area contributed by atoms with Gasteiger partial charge in [-0.1, -0.05) is 20.8 Å². The van der Waals surface area contributed by atoms with Gasteiger partial charge < -0.3 is 15.4 Å². The van der Waals surface area contributed by atoms with E-state index in [2.05, 4.69) is 36.1 Å². The van der Waals surface area contributed by atoms with Crippen molar-refractivity contribution < 1.29 is 17.9 Å². The molecule has 0 aliphatic heterocycles. The van der Waals surface area contributed by atoms with Crippen LogP contribution in [-0.4, -0.2) is 17.5 Å². The largest absolute Gasteiger partial charge is 0.573 e. The molecule has 0 saturated carbocycles. The van der Waals surface area contributed by atoms with Gasteiger partial charge in [0, 0.05) is 11.7 Å². The number of thiocarbonyl (C=S) groups is 1. The third-order valence-electron chi connectivity index (χ3n) is 2.99. The summed E-state index contributed by atoms with van der Waals surface area (Å²) in [5.74, 6) is -0.269. The zero-order valence-electron chi connectivity index (χ0n) is 12.3. The van der Waals surface area contributed by atoms with Crippen LogP contribution in [0.5, 0.6) is 5.75 Å². The third kappa shape index (κ3) is 6.66. The first kappa shape index (κ1) is 17.6.